The fourth-order valence-electron chi connectivity index (χ4n) is 9.61. The van der Waals surface area contributed by atoms with Gasteiger partial charge in [-0.2, -0.15) is 0 Å². The molecule has 0 aromatic carbocycles. The van der Waals surface area contributed by atoms with Gasteiger partial charge in [-0.15, -0.1) is 0 Å². The van der Waals surface area contributed by atoms with Gasteiger partial charge >= 0.3 is 5.97 Å². The predicted octanol–water partition coefficient (Wildman–Crippen LogP) is 8.49. The van der Waals surface area contributed by atoms with E-state index in [1.54, 1.807) is 0 Å². The van der Waals surface area contributed by atoms with E-state index in [2.05, 4.69) is 47.6 Å². The topological polar surface area (TPSA) is 46.5 Å². The summed E-state index contributed by atoms with van der Waals surface area (Å²) in [5.74, 6) is 4.49. The Balaban J connectivity index is 1.51. The van der Waals surface area contributed by atoms with Crippen LogP contribution in [0.5, 0.6) is 0 Å². The molecule has 3 saturated carbocycles. The lowest BCUT2D eigenvalue weighted by molar-refractivity contribution is -0.169. The highest BCUT2D eigenvalue weighted by Gasteiger charge is 2.61. The number of aliphatic hydroxyl groups is 1. The molecule has 9 atom stereocenters. The average Bonchev–Trinajstić information content (AvgIpc) is 3.17. The number of unbranched alkanes of at least 4 members (excludes halogenated alkanes) is 2. The lowest BCUT2D eigenvalue weighted by Gasteiger charge is -2.60. The fourth-order valence-corrected chi connectivity index (χ4v) is 9.61. The molecule has 0 aromatic rings. The van der Waals surface area contributed by atoms with E-state index in [1.165, 1.54) is 50.5 Å². The largest absolute Gasteiger partial charge is 0.461 e. The van der Waals surface area contributed by atoms with Gasteiger partial charge in [0, 0.05) is 18.3 Å². The third-order valence-corrected chi connectivity index (χ3v) is 11.6. The first-order chi connectivity index (χ1) is 17.1. The second kappa shape index (κ2) is 11.5. The monoisotopic (exact) mass is 500 g/mol. The maximum Gasteiger partial charge on any atom is 0.306 e. The summed E-state index contributed by atoms with van der Waals surface area (Å²) in [6, 6.07) is 0. The summed E-state index contributed by atoms with van der Waals surface area (Å²) in [5.41, 5.74) is 1.74. The van der Waals surface area contributed by atoms with E-state index in [0.717, 1.165) is 55.8 Å². The number of carbonyl (C=O) groups excluding carboxylic acids is 1. The van der Waals surface area contributed by atoms with Crippen LogP contribution >= 0.6 is 0 Å². The molecule has 3 fully saturated rings. The quantitative estimate of drug-likeness (QED) is 0.186. The van der Waals surface area contributed by atoms with Crippen LogP contribution in [0.1, 0.15) is 131 Å². The average molecular weight is 501 g/mol. The number of hydrogen-bond donors (Lipinski definition) is 1. The Kier molecular flexibility index (Phi) is 9.01. The van der Waals surface area contributed by atoms with Crippen molar-refractivity contribution < 1.29 is 14.6 Å². The van der Waals surface area contributed by atoms with Crippen LogP contribution in [-0.2, 0) is 9.53 Å². The molecule has 4 rings (SSSR count). The lowest BCUT2D eigenvalue weighted by atomic mass is 9.46. The van der Waals surface area contributed by atoms with Gasteiger partial charge < -0.3 is 9.84 Å². The molecule has 0 amide bonds. The molecule has 3 nitrogen and oxygen atoms in total. The van der Waals surface area contributed by atoms with Crippen molar-refractivity contribution in [3.05, 3.63) is 11.6 Å². The molecule has 4 aliphatic carbocycles. The van der Waals surface area contributed by atoms with Crippen LogP contribution in [0, 0.1) is 46.3 Å². The first-order valence-corrected chi connectivity index (χ1v) is 15.7. The van der Waals surface area contributed by atoms with Gasteiger partial charge in [0.2, 0.25) is 0 Å². The summed E-state index contributed by atoms with van der Waals surface area (Å²) in [6.07, 6.45) is 17.5. The molecular weight excluding hydrogens is 444 g/mol. The Morgan fingerprint density at radius 1 is 1.08 bits per heavy atom. The summed E-state index contributed by atoms with van der Waals surface area (Å²) >= 11 is 0. The van der Waals surface area contributed by atoms with E-state index in [-0.39, 0.29) is 23.6 Å². The first kappa shape index (κ1) is 28.2. The Morgan fingerprint density at radius 3 is 2.58 bits per heavy atom. The number of aliphatic hydroxyl groups excluding tert-OH is 1. The summed E-state index contributed by atoms with van der Waals surface area (Å²) in [4.78, 5) is 12.8. The molecule has 206 valence electrons. The van der Waals surface area contributed by atoms with E-state index in [0.29, 0.717) is 30.1 Å². The molecule has 1 unspecified atom stereocenters. The first-order valence-electron chi connectivity index (χ1n) is 15.7. The SMILES string of the molecule is CCCCCC(=O)OC1C[C@H](O)CC2=CC[C@H]3[C@@H]4CC[C@H]([C@H](C)CCCC(C)C)[C@@]4(C)CC[C@@H]3[C@]21C. The minimum absolute atomic E-state index is 0.0537. The van der Waals surface area contributed by atoms with Crippen molar-refractivity contribution >= 4 is 5.97 Å². The van der Waals surface area contributed by atoms with Crippen molar-refractivity contribution in [3.8, 4) is 0 Å². The van der Waals surface area contributed by atoms with Crippen LogP contribution in [0.3, 0.4) is 0 Å². The van der Waals surface area contributed by atoms with Crippen LogP contribution in [0.4, 0.5) is 0 Å². The van der Waals surface area contributed by atoms with Gasteiger partial charge in [-0.1, -0.05) is 85.3 Å². The summed E-state index contributed by atoms with van der Waals surface area (Å²) in [5, 5.41) is 10.7. The fraction of sp³-hybridized carbons (Fsp3) is 0.909. The smallest absolute Gasteiger partial charge is 0.306 e. The molecule has 0 heterocycles. The summed E-state index contributed by atoms with van der Waals surface area (Å²) in [6.45, 7) is 14.5. The van der Waals surface area contributed by atoms with Gasteiger partial charge in [0.05, 0.1) is 6.10 Å². The number of esters is 1. The van der Waals surface area contributed by atoms with E-state index < -0.39 is 0 Å². The molecule has 0 saturated heterocycles. The van der Waals surface area contributed by atoms with Crippen LogP contribution in [0.25, 0.3) is 0 Å². The normalized spacial score (nSPS) is 40.7. The van der Waals surface area contributed by atoms with Crippen molar-refractivity contribution in [2.45, 2.75) is 144 Å². The van der Waals surface area contributed by atoms with E-state index >= 15 is 0 Å². The zero-order valence-electron chi connectivity index (χ0n) is 24.4. The van der Waals surface area contributed by atoms with E-state index in [1.807, 2.05) is 0 Å². The number of fused-ring (bicyclic) bond motifs is 5. The molecule has 0 aromatic heterocycles. The third kappa shape index (κ3) is 5.34. The van der Waals surface area contributed by atoms with Gasteiger partial charge in [0.25, 0.3) is 0 Å². The lowest BCUT2D eigenvalue weighted by Crippen LogP contribution is -2.56. The minimum atomic E-state index is -0.384. The van der Waals surface area contributed by atoms with Crippen molar-refractivity contribution in [1.29, 1.82) is 0 Å². The standard InChI is InChI=1S/C33H56O3/c1-7-8-9-13-31(35)36-30-21-25(34)20-24-14-15-26-28-17-16-27(23(4)12-10-11-22(2)3)32(28,5)19-18-29(26)33(24,30)6/h14,22-23,25-30,34H,7-13,15-21H2,1-6H3/t23-,25-,26+,27-,28+,29+,30?,32-,33+/m1/s1. The molecule has 0 radical (unpaired) electrons. The van der Waals surface area contributed by atoms with Gasteiger partial charge in [0.15, 0.2) is 0 Å². The van der Waals surface area contributed by atoms with Gasteiger partial charge in [0.1, 0.15) is 6.10 Å². The zero-order chi connectivity index (χ0) is 26.1. The van der Waals surface area contributed by atoms with Crippen molar-refractivity contribution in [2.24, 2.45) is 46.3 Å². The van der Waals surface area contributed by atoms with Crippen LogP contribution < -0.4 is 0 Å². The number of carbonyl (C=O) groups is 1. The summed E-state index contributed by atoms with van der Waals surface area (Å²) < 4.78 is 6.25. The zero-order valence-corrected chi connectivity index (χ0v) is 24.4. The third-order valence-electron chi connectivity index (χ3n) is 11.6. The minimum Gasteiger partial charge on any atom is -0.461 e. The molecule has 4 aliphatic rings. The predicted molar refractivity (Wildman–Crippen MR) is 148 cm³/mol. The van der Waals surface area contributed by atoms with Crippen molar-refractivity contribution in [3.63, 3.8) is 0 Å². The second-order valence-electron chi connectivity index (χ2n) is 14.2. The van der Waals surface area contributed by atoms with Gasteiger partial charge in [-0.05, 0) is 85.9 Å². The molecule has 3 heteroatoms. The van der Waals surface area contributed by atoms with Crippen LogP contribution in [0.2, 0.25) is 0 Å². The molecule has 1 N–H and O–H groups in total. The number of rotatable bonds is 10. The molecule has 0 aliphatic heterocycles. The molecule has 0 spiro atoms. The highest BCUT2D eigenvalue weighted by Crippen LogP contribution is 2.67. The number of hydrogen-bond acceptors (Lipinski definition) is 3. The molecule has 36 heavy (non-hydrogen) atoms. The van der Waals surface area contributed by atoms with Crippen LogP contribution in [0.15, 0.2) is 11.6 Å². The van der Waals surface area contributed by atoms with Gasteiger partial charge in [-0.25, -0.2) is 0 Å². The number of ether oxygens (including phenoxy) is 1. The highest BCUT2D eigenvalue weighted by molar-refractivity contribution is 5.69. The second-order valence-corrected chi connectivity index (χ2v) is 14.2. The van der Waals surface area contributed by atoms with E-state index in [9.17, 15) is 9.90 Å². The summed E-state index contributed by atoms with van der Waals surface area (Å²) in [7, 11) is 0. The maximum absolute atomic E-state index is 12.8. The highest BCUT2D eigenvalue weighted by atomic mass is 16.5. The Morgan fingerprint density at radius 2 is 1.86 bits per heavy atom. The molecular formula is C33H56O3. The Bertz CT molecular complexity index is 786. The Labute approximate surface area is 222 Å². The van der Waals surface area contributed by atoms with Gasteiger partial charge in [-0.3, -0.25) is 4.79 Å². The van der Waals surface area contributed by atoms with Crippen LogP contribution in [-0.4, -0.2) is 23.3 Å². The molecule has 0 bridgehead atoms. The number of allylic oxidation sites excluding steroid dienone is 1. The Hall–Kier alpha value is -0.830. The van der Waals surface area contributed by atoms with Crippen molar-refractivity contribution in [2.75, 3.05) is 0 Å². The van der Waals surface area contributed by atoms with Crippen molar-refractivity contribution in [1.82, 2.24) is 0 Å². The van der Waals surface area contributed by atoms with E-state index in [4.69, 9.17) is 4.74 Å². The maximum atomic E-state index is 12.8.